The van der Waals surface area contributed by atoms with E-state index in [1.807, 2.05) is 12.4 Å². The van der Waals surface area contributed by atoms with Crippen molar-refractivity contribution in [2.75, 3.05) is 19.6 Å². The van der Waals surface area contributed by atoms with Crippen LogP contribution in [0.15, 0.2) is 316 Å². The van der Waals surface area contributed by atoms with E-state index in [9.17, 15) is 0 Å². The van der Waals surface area contributed by atoms with Gasteiger partial charge >= 0.3 is 0 Å². The summed E-state index contributed by atoms with van der Waals surface area (Å²) in [7, 11) is 0. The normalized spacial score (nSPS) is 13.1. The first-order valence-electron chi connectivity index (χ1n) is 31.0. The molecule has 0 saturated heterocycles. The van der Waals surface area contributed by atoms with Crippen molar-refractivity contribution in [3.63, 3.8) is 0 Å². The summed E-state index contributed by atoms with van der Waals surface area (Å²) in [6.07, 6.45) is 3.83. The predicted octanol–water partition coefficient (Wildman–Crippen LogP) is 22.9. The van der Waals surface area contributed by atoms with Crippen LogP contribution in [0.5, 0.6) is 0 Å². The highest BCUT2D eigenvalue weighted by Crippen LogP contribution is 2.53. The van der Waals surface area contributed by atoms with Gasteiger partial charge in [-0.3, -0.25) is 9.80 Å². The van der Waals surface area contributed by atoms with Crippen LogP contribution in [-0.4, -0.2) is 9.97 Å². The van der Waals surface area contributed by atoms with Gasteiger partial charge in [-0.05, 0) is 200 Å². The maximum absolute atomic E-state index is 5.12. The zero-order valence-corrected chi connectivity index (χ0v) is 50.7. The fourth-order valence-electron chi connectivity index (χ4n) is 14.2. The van der Waals surface area contributed by atoms with Gasteiger partial charge in [-0.25, -0.2) is 9.97 Å². The number of benzene rings is 12. The molecule has 14 aromatic rings. The Morgan fingerprint density at radius 1 is 0.233 bits per heavy atom. The van der Waals surface area contributed by atoms with Crippen LogP contribution in [0, 0.1) is 0 Å². The molecule has 2 aliphatic rings. The minimum Gasteiger partial charge on any atom is -0.310 e. The van der Waals surface area contributed by atoms with E-state index in [0.717, 1.165) is 101 Å². The van der Waals surface area contributed by atoms with Gasteiger partial charge in [-0.1, -0.05) is 198 Å². The third kappa shape index (κ3) is 9.18. The highest BCUT2D eigenvalue weighted by atomic mass is 15.2. The van der Waals surface area contributed by atoms with Crippen molar-refractivity contribution in [3.8, 4) is 33.4 Å². The number of anilines is 12. The number of aromatic nitrogens is 2. The van der Waals surface area contributed by atoms with Crippen molar-refractivity contribution >= 4 is 90.1 Å². The quantitative estimate of drug-likeness (QED) is 0.115. The fourth-order valence-corrected chi connectivity index (χ4v) is 14.2. The van der Waals surface area contributed by atoms with E-state index in [4.69, 9.17) is 9.97 Å². The minimum absolute atomic E-state index is 0.130. The Kier molecular flexibility index (Phi) is 13.1. The van der Waals surface area contributed by atoms with Gasteiger partial charge in [0, 0.05) is 90.9 Å². The zero-order chi connectivity index (χ0) is 60.5. The number of pyridine rings is 2. The molecule has 12 aromatic carbocycles. The lowest BCUT2D eigenvalue weighted by Gasteiger charge is -2.29. The molecule has 6 heteroatoms. The standard InChI is InChI=1S/C84H64N6/c1-83(2)77-29-17-15-27-73(77)75-49-47-69(55-79(75)83)87(61-21-7-5-8-22-61)63-39-43-67(44-40-63)89(81-71-25-13-11-19-59(71)51-53-85-81)65-35-31-57(32-36-65)58-33-37-66(38-34-58)90(82-72-26-14-12-20-60(72)52-54-86-82)68-45-41-64(42-46-68)88(62-23-9-6-10-24-62)70-48-50-76-74-28-16-18-30-78(74)84(3,4)80(76)56-70/h5-56H,1-4H3. The molecule has 0 bridgehead atoms. The Labute approximate surface area is 526 Å². The lowest BCUT2D eigenvalue weighted by molar-refractivity contribution is 0.660. The molecule has 0 aliphatic heterocycles. The highest BCUT2D eigenvalue weighted by Gasteiger charge is 2.37. The minimum atomic E-state index is -0.130. The maximum atomic E-state index is 5.12. The van der Waals surface area contributed by atoms with E-state index in [1.54, 1.807) is 0 Å². The molecule has 2 aromatic heterocycles. The number of hydrogen-bond donors (Lipinski definition) is 0. The van der Waals surface area contributed by atoms with Gasteiger partial charge in [0.25, 0.3) is 0 Å². The number of hydrogen-bond acceptors (Lipinski definition) is 6. The molecule has 90 heavy (non-hydrogen) atoms. The van der Waals surface area contributed by atoms with E-state index >= 15 is 0 Å². The number of nitrogens with zero attached hydrogens (tertiary/aromatic N) is 6. The Morgan fingerprint density at radius 2 is 0.522 bits per heavy atom. The number of rotatable bonds is 13. The van der Waals surface area contributed by atoms with Crippen molar-refractivity contribution in [2.24, 2.45) is 0 Å². The molecule has 0 N–H and O–H groups in total. The molecule has 0 atom stereocenters. The molecule has 430 valence electrons. The van der Waals surface area contributed by atoms with Crippen molar-refractivity contribution in [2.45, 2.75) is 38.5 Å². The summed E-state index contributed by atoms with van der Waals surface area (Å²) in [5.74, 6) is 1.72. The molecule has 0 unspecified atom stereocenters. The summed E-state index contributed by atoms with van der Waals surface area (Å²) in [6, 6.07) is 110. The van der Waals surface area contributed by atoms with Gasteiger partial charge in [-0.15, -0.1) is 0 Å². The Morgan fingerprint density at radius 3 is 0.911 bits per heavy atom. The van der Waals surface area contributed by atoms with Gasteiger partial charge < -0.3 is 9.80 Å². The molecule has 0 fully saturated rings. The maximum Gasteiger partial charge on any atom is 0.145 e. The lowest BCUT2D eigenvalue weighted by Crippen LogP contribution is -2.16. The average Bonchev–Trinajstić information content (AvgIpc) is 2.03. The summed E-state index contributed by atoms with van der Waals surface area (Å²) >= 11 is 0. The second-order valence-corrected chi connectivity index (χ2v) is 24.7. The summed E-state index contributed by atoms with van der Waals surface area (Å²) in [5, 5.41) is 4.39. The fraction of sp³-hybridized carbons (Fsp3) is 0.0714. The van der Waals surface area contributed by atoms with Gasteiger partial charge in [-0.2, -0.15) is 0 Å². The van der Waals surface area contributed by atoms with Crippen LogP contribution in [0.3, 0.4) is 0 Å². The monoisotopic (exact) mass is 1160 g/mol. The largest absolute Gasteiger partial charge is 0.310 e. The molecule has 6 nitrogen and oxygen atoms in total. The summed E-state index contributed by atoms with van der Waals surface area (Å²) in [5.41, 5.74) is 23.1. The van der Waals surface area contributed by atoms with Gasteiger partial charge in [0.15, 0.2) is 0 Å². The lowest BCUT2D eigenvalue weighted by atomic mass is 9.82. The van der Waals surface area contributed by atoms with Crippen molar-refractivity contribution in [1.82, 2.24) is 9.97 Å². The SMILES string of the molecule is CC1(C)c2ccccc2-c2ccc(N(c3ccccc3)c3ccc(N(c4ccc(-c5ccc(N(c6ccc(N(c7ccccc7)c7ccc8c(c7)C(C)(C)c7ccccc7-8)cc6)c6nccc7ccccc67)cc5)cc4)c4nccc5ccccc45)cc3)cc21. The van der Waals surface area contributed by atoms with Gasteiger partial charge in [0.1, 0.15) is 11.6 Å². The van der Waals surface area contributed by atoms with Gasteiger partial charge in [0.2, 0.25) is 0 Å². The predicted molar refractivity (Wildman–Crippen MR) is 376 cm³/mol. The molecule has 2 aliphatic carbocycles. The summed E-state index contributed by atoms with van der Waals surface area (Å²) in [6.45, 7) is 9.38. The third-order valence-electron chi connectivity index (χ3n) is 18.7. The van der Waals surface area contributed by atoms with E-state index in [1.165, 1.54) is 44.5 Å². The second kappa shape index (κ2) is 21.8. The molecule has 0 amide bonds. The molecule has 0 spiro atoms. The van der Waals surface area contributed by atoms with Crippen LogP contribution in [0.2, 0.25) is 0 Å². The molecular weight excluding hydrogens is 1090 g/mol. The van der Waals surface area contributed by atoms with Crippen LogP contribution in [0.1, 0.15) is 49.9 Å². The van der Waals surface area contributed by atoms with Crippen molar-refractivity contribution < 1.29 is 0 Å². The van der Waals surface area contributed by atoms with E-state index < -0.39 is 0 Å². The van der Waals surface area contributed by atoms with Crippen LogP contribution < -0.4 is 19.6 Å². The van der Waals surface area contributed by atoms with Crippen LogP contribution in [0.4, 0.5) is 68.5 Å². The summed E-state index contributed by atoms with van der Waals surface area (Å²) < 4.78 is 0. The van der Waals surface area contributed by atoms with Crippen LogP contribution in [-0.2, 0) is 10.8 Å². The third-order valence-corrected chi connectivity index (χ3v) is 18.7. The molecule has 2 heterocycles. The topological polar surface area (TPSA) is 38.7 Å². The number of fused-ring (bicyclic) bond motifs is 8. The molecule has 0 radical (unpaired) electrons. The van der Waals surface area contributed by atoms with E-state index in [2.05, 4.69) is 351 Å². The van der Waals surface area contributed by atoms with Crippen LogP contribution in [0.25, 0.3) is 54.9 Å². The molecule has 16 rings (SSSR count). The molecular formula is C84H64N6. The van der Waals surface area contributed by atoms with Crippen molar-refractivity contribution in [1.29, 1.82) is 0 Å². The first kappa shape index (κ1) is 54.1. The average molecular weight is 1160 g/mol. The summed E-state index contributed by atoms with van der Waals surface area (Å²) in [4.78, 5) is 19.5. The first-order valence-corrected chi connectivity index (χ1v) is 31.0. The smallest absolute Gasteiger partial charge is 0.145 e. The van der Waals surface area contributed by atoms with Crippen LogP contribution >= 0.6 is 0 Å². The molecule has 0 saturated carbocycles. The first-order chi connectivity index (χ1) is 44.2. The Balaban J connectivity index is 0.735. The number of para-hydroxylation sites is 2. The Bertz CT molecular complexity index is 4670. The van der Waals surface area contributed by atoms with Gasteiger partial charge in [0.05, 0.1) is 0 Å². The Hall–Kier alpha value is -11.3. The zero-order valence-electron chi connectivity index (χ0n) is 50.7. The van der Waals surface area contributed by atoms with Crippen molar-refractivity contribution in [3.05, 3.63) is 338 Å². The second-order valence-electron chi connectivity index (χ2n) is 24.7. The highest BCUT2D eigenvalue weighted by molar-refractivity contribution is 5.99. The van der Waals surface area contributed by atoms with E-state index in [0.29, 0.717) is 0 Å². The van der Waals surface area contributed by atoms with E-state index in [-0.39, 0.29) is 10.8 Å².